The van der Waals surface area contributed by atoms with Crippen LogP contribution in [0.25, 0.3) is 5.65 Å². The predicted octanol–water partition coefficient (Wildman–Crippen LogP) is 2.70. The summed E-state index contributed by atoms with van der Waals surface area (Å²) in [6.07, 6.45) is 6.26. The van der Waals surface area contributed by atoms with E-state index in [9.17, 15) is 4.79 Å². The number of fused-ring (bicyclic) bond motifs is 1. The number of hydrogen-bond donors (Lipinski definition) is 2. The van der Waals surface area contributed by atoms with Gasteiger partial charge in [0.05, 0.1) is 11.3 Å². The van der Waals surface area contributed by atoms with Crippen molar-refractivity contribution < 1.29 is 9.53 Å². The Kier molecular flexibility index (Phi) is 5.07. The normalized spacial score (nSPS) is 16.6. The van der Waals surface area contributed by atoms with E-state index >= 15 is 0 Å². The highest BCUT2D eigenvalue weighted by molar-refractivity contribution is 5.96. The van der Waals surface area contributed by atoms with Crippen LogP contribution in [0.5, 0.6) is 5.75 Å². The van der Waals surface area contributed by atoms with E-state index in [1.54, 1.807) is 6.07 Å². The van der Waals surface area contributed by atoms with E-state index in [0.717, 1.165) is 24.3 Å². The number of aryl methyl sites for hydroxylation is 1. The van der Waals surface area contributed by atoms with Crippen LogP contribution in [0.1, 0.15) is 34.5 Å². The highest BCUT2D eigenvalue weighted by Crippen LogP contribution is 2.20. The van der Waals surface area contributed by atoms with Gasteiger partial charge in [0.25, 0.3) is 5.91 Å². The maximum Gasteiger partial charge on any atom is 0.255 e. The molecule has 1 unspecified atom stereocenters. The van der Waals surface area contributed by atoms with Crippen LogP contribution in [0.2, 0.25) is 0 Å². The molecule has 3 aromatic rings. The molecule has 1 aliphatic rings. The topological polar surface area (TPSA) is 67.7 Å². The fourth-order valence-electron chi connectivity index (χ4n) is 3.40. The van der Waals surface area contributed by atoms with Crippen molar-refractivity contribution in [2.45, 2.75) is 32.4 Å². The molecule has 1 fully saturated rings. The number of nitrogens with one attached hydrogen (secondary N) is 2. The molecule has 6 nitrogen and oxygen atoms in total. The number of amides is 1. The molecule has 140 valence electrons. The van der Waals surface area contributed by atoms with E-state index in [4.69, 9.17) is 4.74 Å². The summed E-state index contributed by atoms with van der Waals surface area (Å²) in [6, 6.07) is 11.7. The van der Waals surface area contributed by atoms with E-state index in [0.29, 0.717) is 30.5 Å². The highest BCUT2D eigenvalue weighted by Gasteiger charge is 2.17. The van der Waals surface area contributed by atoms with E-state index in [-0.39, 0.29) is 5.91 Å². The molecule has 0 aliphatic carbocycles. The number of aromatic nitrogens is 2. The summed E-state index contributed by atoms with van der Waals surface area (Å²) in [6.45, 7) is 4.03. The number of hydrogen-bond acceptors (Lipinski definition) is 4. The van der Waals surface area contributed by atoms with Gasteiger partial charge in [0.1, 0.15) is 18.0 Å². The summed E-state index contributed by atoms with van der Waals surface area (Å²) in [5.74, 6) is 0.465. The van der Waals surface area contributed by atoms with Gasteiger partial charge in [-0.25, -0.2) is 4.98 Å². The lowest BCUT2D eigenvalue weighted by atomic mass is 10.1. The Hall–Kier alpha value is -2.86. The smallest absolute Gasteiger partial charge is 0.255 e. The van der Waals surface area contributed by atoms with Crippen molar-refractivity contribution in [2.75, 3.05) is 13.1 Å². The van der Waals surface area contributed by atoms with Gasteiger partial charge < -0.3 is 19.8 Å². The molecule has 0 bridgehead atoms. The quantitative estimate of drug-likeness (QED) is 0.706. The van der Waals surface area contributed by atoms with Gasteiger partial charge in [0.2, 0.25) is 0 Å². The molecule has 0 spiro atoms. The molecule has 1 aliphatic heterocycles. The zero-order valence-electron chi connectivity index (χ0n) is 15.4. The number of rotatable bonds is 6. The van der Waals surface area contributed by atoms with Crippen molar-refractivity contribution in [1.29, 1.82) is 0 Å². The number of carbonyl (C=O) groups is 1. The number of carbonyl (C=O) groups excluding carboxylic acids is 1. The monoisotopic (exact) mass is 364 g/mol. The van der Waals surface area contributed by atoms with Crippen molar-refractivity contribution >= 4 is 11.6 Å². The van der Waals surface area contributed by atoms with Gasteiger partial charge in [0.15, 0.2) is 0 Å². The van der Waals surface area contributed by atoms with Crippen LogP contribution in [-0.4, -0.2) is 34.4 Å². The Morgan fingerprint density at radius 2 is 2.19 bits per heavy atom. The molecule has 1 amide bonds. The third-order valence-electron chi connectivity index (χ3n) is 4.83. The lowest BCUT2D eigenvalue weighted by Gasteiger charge is -2.14. The fourth-order valence-corrected chi connectivity index (χ4v) is 3.40. The highest BCUT2D eigenvalue weighted by atomic mass is 16.5. The first-order valence-corrected chi connectivity index (χ1v) is 9.37. The van der Waals surface area contributed by atoms with Crippen LogP contribution in [0.3, 0.4) is 0 Å². The first-order valence-electron chi connectivity index (χ1n) is 9.37. The van der Waals surface area contributed by atoms with E-state index in [1.807, 2.05) is 54.0 Å². The molecule has 2 N–H and O–H groups in total. The molecule has 1 saturated heterocycles. The minimum absolute atomic E-state index is 0.107. The van der Waals surface area contributed by atoms with E-state index < -0.39 is 0 Å². The number of ether oxygens (including phenoxy) is 1. The summed E-state index contributed by atoms with van der Waals surface area (Å²) in [4.78, 5) is 17.1. The second kappa shape index (κ2) is 7.80. The minimum atomic E-state index is -0.107. The number of para-hydroxylation sites is 1. The number of pyridine rings is 1. The third kappa shape index (κ3) is 4.11. The van der Waals surface area contributed by atoms with E-state index in [2.05, 4.69) is 15.6 Å². The SMILES string of the molecule is Cc1ccc2nc(COc3ccccc3C(=O)NCC3CCCN3)cn2c1. The molecule has 2 aromatic heterocycles. The standard InChI is InChI=1S/C21H24N4O2/c1-15-8-9-20-24-17(13-25(20)12-15)14-27-19-7-3-2-6-18(19)21(26)23-11-16-5-4-10-22-16/h2-3,6-9,12-13,16,22H,4-5,10-11,14H2,1H3,(H,23,26). The largest absolute Gasteiger partial charge is 0.486 e. The van der Waals surface area contributed by atoms with Crippen molar-refractivity contribution in [3.8, 4) is 5.75 Å². The molecule has 1 aromatic carbocycles. The minimum Gasteiger partial charge on any atom is -0.486 e. The van der Waals surface area contributed by atoms with E-state index in [1.165, 1.54) is 12.0 Å². The third-order valence-corrected chi connectivity index (χ3v) is 4.83. The van der Waals surface area contributed by atoms with Gasteiger partial charge in [0, 0.05) is 25.0 Å². The number of imidazole rings is 1. The summed E-state index contributed by atoms with van der Waals surface area (Å²) in [5, 5.41) is 6.39. The van der Waals surface area contributed by atoms with Crippen LogP contribution in [0.4, 0.5) is 0 Å². The molecule has 0 saturated carbocycles. The molecule has 1 atom stereocenters. The average Bonchev–Trinajstić information content (AvgIpc) is 3.33. The summed E-state index contributed by atoms with van der Waals surface area (Å²) in [7, 11) is 0. The Balaban J connectivity index is 1.42. The van der Waals surface area contributed by atoms with Gasteiger partial charge in [-0.05, 0) is 50.1 Å². The lowest BCUT2D eigenvalue weighted by molar-refractivity contribution is 0.0945. The van der Waals surface area contributed by atoms with Crippen LogP contribution >= 0.6 is 0 Å². The molecule has 4 rings (SSSR count). The Morgan fingerprint density at radius 1 is 1.30 bits per heavy atom. The van der Waals surface area contributed by atoms with Crippen molar-refractivity contribution in [3.05, 3.63) is 65.6 Å². The summed E-state index contributed by atoms with van der Waals surface area (Å²) >= 11 is 0. The maximum atomic E-state index is 12.6. The Morgan fingerprint density at radius 3 is 3.04 bits per heavy atom. The van der Waals surface area contributed by atoms with Crippen LogP contribution < -0.4 is 15.4 Å². The molecule has 3 heterocycles. The van der Waals surface area contributed by atoms with Crippen LogP contribution in [-0.2, 0) is 6.61 Å². The summed E-state index contributed by atoms with van der Waals surface area (Å²) < 4.78 is 7.91. The molecular weight excluding hydrogens is 340 g/mol. The molecule has 27 heavy (non-hydrogen) atoms. The molecule has 0 radical (unpaired) electrons. The maximum absolute atomic E-state index is 12.6. The second-order valence-electron chi connectivity index (χ2n) is 6.99. The van der Waals surface area contributed by atoms with Crippen molar-refractivity contribution in [2.24, 2.45) is 0 Å². The zero-order chi connectivity index (χ0) is 18.6. The number of benzene rings is 1. The second-order valence-corrected chi connectivity index (χ2v) is 6.99. The first kappa shape index (κ1) is 17.5. The number of nitrogens with zero attached hydrogens (tertiary/aromatic N) is 2. The molecule has 6 heteroatoms. The van der Waals surface area contributed by atoms with Gasteiger partial charge in [-0.3, -0.25) is 4.79 Å². The van der Waals surface area contributed by atoms with Crippen LogP contribution in [0.15, 0.2) is 48.8 Å². The lowest BCUT2D eigenvalue weighted by Crippen LogP contribution is -2.37. The molecular formula is C21H24N4O2. The van der Waals surface area contributed by atoms with Gasteiger partial charge in [-0.1, -0.05) is 18.2 Å². The Bertz CT molecular complexity index is 944. The average molecular weight is 364 g/mol. The van der Waals surface area contributed by atoms with Crippen LogP contribution in [0, 0.1) is 6.92 Å². The van der Waals surface area contributed by atoms with Gasteiger partial charge >= 0.3 is 0 Å². The van der Waals surface area contributed by atoms with Gasteiger partial charge in [-0.2, -0.15) is 0 Å². The Labute approximate surface area is 158 Å². The van der Waals surface area contributed by atoms with Gasteiger partial charge in [-0.15, -0.1) is 0 Å². The summed E-state index contributed by atoms with van der Waals surface area (Å²) in [5.41, 5.74) is 3.43. The zero-order valence-corrected chi connectivity index (χ0v) is 15.4. The first-order chi connectivity index (χ1) is 13.2. The fraction of sp³-hybridized carbons (Fsp3) is 0.333. The predicted molar refractivity (Wildman–Crippen MR) is 104 cm³/mol. The van der Waals surface area contributed by atoms with Crippen molar-refractivity contribution in [1.82, 2.24) is 20.0 Å². The van der Waals surface area contributed by atoms with Crippen molar-refractivity contribution in [3.63, 3.8) is 0 Å².